The summed E-state index contributed by atoms with van der Waals surface area (Å²) in [4.78, 5) is 13.4. The second-order valence-corrected chi connectivity index (χ2v) is 9.26. The Balaban J connectivity index is 1.57. The lowest BCUT2D eigenvalue weighted by Crippen LogP contribution is -2.55. The van der Waals surface area contributed by atoms with Gasteiger partial charge < -0.3 is 9.47 Å². The number of ether oxygens (including phenoxy) is 2. The molecule has 0 N–H and O–H groups in total. The molecule has 0 radical (unpaired) electrons. The van der Waals surface area contributed by atoms with Crippen LogP contribution in [0.3, 0.4) is 0 Å². The minimum Gasteiger partial charge on any atom is -0.501 e. The number of carbonyl (C=O) groups excluding carboxylic acids is 1. The lowest BCUT2D eigenvalue weighted by atomic mass is 9.47. The smallest absolute Gasteiger partial charge is 0.137 e. The predicted molar refractivity (Wildman–Crippen MR) is 91.3 cm³/mol. The molecule has 3 heteroatoms. The Morgan fingerprint density at radius 1 is 1.29 bits per heavy atom. The average molecular weight is 328 g/mol. The van der Waals surface area contributed by atoms with Gasteiger partial charge in [0, 0.05) is 29.6 Å². The van der Waals surface area contributed by atoms with Crippen molar-refractivity contribution >= 4 is 5.78 Å². The predicted octanol–water partition coefficient (Wildman–Crippen LogP) is 4.04. The Labute approximate surface area is 144 Å². The number of fused-ring (bicyclic) bond motifs is 6. The van der Waals surface area contributed by atoms with Crippen LogP contribution in [0, 0.1) is 28.6 Å². The number of rotatable bonds is 1. The molecule has 1 aliphatic heterocycles. The second kappa shape index (κ2) is 4.55. The molecule has 4 aliphatic carbocycles. The number of ketones is 1. The first-order valence-corrected chi connectivity index (χ1v) is 9.55. The monoisotopic (exact) mass is 328 g/mol. The van der Waals surface area contributed by atoms with E-state index in [0.717, 1.165) is 44.5 Å². The molecule has 5 rings (SSSR count). The highest BCUT2D eigenvalue weighted by Gasteiger charge is 2.71. The van der Waals surface area contributed by atoms with Gasteiger partial charge in [-0.05, 0) is 49.2 Å². The fraction of sp³-hybridized carbons (Fsp3) is 0.762. The van der Waals surface area contributed by atoms with E-state index in [2.05, 4.69) is 26.0 Å². The molecule has 1 saturated heterocycles. The van der Waals surface area contributed by atoms with E-state index in [9.17, 15) is 4.79 Å². The van der Waals surface area contributed by atoms with Crippen LogP contribution in [0.4, 0.5) is 0 Å². The van der Waals surface area contributed by atoms with E-state index in [1.54, 1.807) is 7.11 Å². The molecule has 1 heterocycles. The summed E-state index contributed by atoms with van der Waals surface area (Å²) in [6, 6.07) is 0. The molecule has 0 bridgehead atoms. The normalized spacial score (nSPS) is 52.1. The fourth-order valence-electron chi connectivity index (χ4n) is 6.93. The summed E-state index contributed by atoms with van der Waals surface area (Å²) in [6.07, 6.45) is 10.8. The van der Waals surface area contributed by atoms with Crippen molar-refractivity contribution in [1.82, 2.24) is 0 Å². The Morgan fingerprint density at radius 3 is 2.79 bits per heavy atom. The molecule has 0 aromatic heterocycles. The SMILES string of the molecule is COC1=CC2=CCC3C(C(=O)C[C@@]4(C)C3CC[C@]43CO3)[C@@]2(C)CC1. The van der Waals surface area contributed by atoms with E-state index in [0.29, 0.717) is 17.6 Å². The van der Waals surface area contributed by atoms with Gasteiger partial charge >= 0.3 is 0 Å². The highest BCUT2D eigenvalue weighted by Crippen LogP contribution is 2.69. The van der Waals surface area contributed by atoms with Crippen LogP contribution in [0.1, 0.15) is 52.4 Å². The van der Waals surface area contributed by atoms with Crippen molar-refractivity contribution in [1.29, 1.82) is 0 Å². The van der Waals surface area contributed by atoms with Gasteiger partial charge in [0.15, 0.2) is 0 Å². The molecular weight excluding hydrogens is 300 g/mol. The molecule has 130 valence electrons. The van der Waals surface area contributed by atoms with Crippen molar-refractivity contribution < 1.29 is 14.3 Å². The number of methoxy groups -OCH3 is 1. The molecular formula is C21H28O3. The van der Waals surface area contributed by atoms with Crippen molar-refractivity contribution in [3.63, 3.8) is 0 Å². The zero-order chi connectivity index (χ0) is 16.7. The molecule has 1 spiro atoms. The molecule has 0 aromatic carbocycles. The van der Waals surface area contributed by atoms with Gasteiger partial charge in [-0.25, -0.2) is 0 Å². The van der Waals surface area contributed by atoms with Crippen molar-refractivity contribution in [2.75, 3.05) is 13.7 Å². The highest BCUT2D eigenvalue weighted by molar-refractivity contribution is 5.85. The van der Waals surface area contributed by atoms with Crippen LogP contribution in [0.5, 0.6) is 0 Å². The van der Waals surface area contributed by atoms with Gasteiger partial charge in [0.1, 0.15) is 5.78 Å². The maximum Gasteiger partial charge on any atom is 0.137 e. The van der Waals surface area contributed by atoms with Gasteiger partial charge in [0.25, 0.3) is 0 Å². The summed E-state index contributed by atoms with van der Waals surface area (Å²) in [5, 5.41) is 0. The second-order valence-electron chi connectivity index (χ2n) is 9.26. The van der Waals surface area contributed by atoms with Gasteiger partial charge in [-0.3, -0.25) is 4.79 Å². The van der Waals surface area contributed by atoms with E-state index < -0.39 is 0 Å². The van der Waals surface area contributed by atoms with Crippen molar-refractivity contribution in [3.8, 4) is 0 Å². The Bertz CT molecular complexity index is 671. The van der Waals surface area contributed by atoms with Gasteiger partial charge in [0.05, 0.1) is 25.1 Å². The van der Waals surface area contributed by atoms with E-state index in [1.807, 2.05) is 0 Å². The van der Waals surface area contributed by atoms with Crippen molar-refractivity contribution in [3.05, 3.63) is 23.5 Å². The van der Waals surface area contributed by atoms with Gasteiger partial charge in [-0.2, -0.15) is 0 Å². The highest BCUT2D eigenvalue weighted by atomic mass is 16.6. The first kappa shape index (κ1) is 15.2. The summed E-state index contributed by atoms with van der Waals surface area (Å²) >= 11 is 0. The van der Waals surface area contributed by atoms with Crippen LogP contribution in [0.2, 0.25) is 0 Å². The van der Waals surface area contributed by atoms with Crippen LogP contribution < -0.4 is 0 Å². The number of hydrogen-bond acceptors (Lipinski definition) is 3. The third-order valence-electron chi connectivity index (χ3n) is 8.47. The largest absolute Gasteiger partial charge is 0.501 e. The lowest BCUT2D eigenvalue weighted by molar-refractivity contribution is -0.144. The third-order valence-corrected chi connectivity index (χ3v) is 8.47. The molecule has 2 saturated carbocycles. The maximum absolute atomic E-state index is 13.4. The van der Waals surface area contributed by atoms with E-state index in [4.69, 9.17) is 9.47 Å². The van der Waals surface area contributed by atoms with E-state index in [1.165, 1.54) is 12.0 Å². The van der Waals surface area contributed by atoms with Crippen LogP contribution in [0.25, 0.3) is 0 Å². The van der Waals surface area contributed by atoms with E-state index >= 15 is 0 Å². The van der Waals surface area contributed by atoms with Crippen LogP contribution in [-0.4, -0.2) is 25.1 Å². The quantitative estimate of drug-likeness (QED) is 0.682. The summed E-state index contributed by atoms with van der Waals surface area (Å²) in [6.45, 7) is 5.55. The Hall–Kier alpha value is -1.09. The van der Waals surface area contributed by atoms with Crippen LogP contribution in [0.15, 0.2) is 23.5 Å². The number of carbonyl (C=O) groups is 1. The topological polar surface area (TPSA) is 38.8 Å². The van der Waals surface area contributed by atoms with Crippen molar-refractivity contribution in [2.24, 2.45) is 28.6 Å². The summed E-state index contributed by atoms with van der Waals surface area (Å²) in [5.41, 5.74) is 1.47. The first-order valence-electron chi connectivity index (χ1n) is 9.55. The molecule has 3 unspecified atom stereocenters. The molecule has 0 amide bonds. The first-order chi connectivity index (χ1) is 11.4. The maximum atomic E-state index is 13.4. The summed E-state index contributed by atoms with van der Waals surface area (Å²) in [5.74, 6) is 2.91. The van der Waals surface area contributed by atoms with Crippen LogP contribution in [-0.2, 0) is 14.3 Å². The number of hydrogen-bond donors (Lipinski definition) is 0. The summed E-state index contributed by atoms with van der Waals surface area (Å²) < 4.78 is 11.4. The zero-order valence-corrected chi connectivity index (χ0v) is 15.1. The Morgan fingerprint density at radius 2 is 2.08 bits per heavy atom. The zero-order valence-electron chi connectivity index (χ0n) is 15.1. The molecule has 3 nitrogen and oxygen atoms in total. The van der Waals surface area contributed by atoms with Gasteiger partial charge in [-0.1, -0.05) is 19.9 Å². The average Bonchev–Trinajstić information content (AvgIpc) is 3.28. The minimum atomic E-state index is 0.00349. The molecule has 3 fully saturated rings. The van der Waals surface area contributed by atoms with E-state index in [-0.39, 0.29) is 22.3 Å². The van der Waals surface area contributed by atoms with Crippen LogP contribution >= 0.6 is 0 Å². The van der Waals surface area contributed by atoms with Gasteiger partial charge in [0.2, 0.25) is 0 Å². The lowest BCUT2D eigenvalue weighted by Gasteiger charge is -2.55. The molecule has 24 heavy (non-hydrogen) atoms. The number of allylic oxidation sites excluding steroid dienone is 4. The van der Waals surface area contributed by atoms with Crippen molar-refractivity contribution in [2.45, 2.75) is 58.0 Å². The fourth-order valence-corrected chi connectivity index (χ4v) is 6.93. The van der Waals surface area contributed by atoms with Gasteiger partial charge in [-0.15, -0.1) is 0 Å². The molecule has 0 aromatic rings. The minimum absolute atomic E-state index is 0.00349. The third kappa shape index (κ3) is 1.65. The molecule has 6 atom stereocenters. The Kier molecular flexibility index (Phi) is 2.88. The number of Topliss-reactive ketones (excluding diaryl/α,β-unsaturated/α-hetero) is 1. The number of epoxide rings is 1. The molecule has 5 aliphatic rings. The standard InChI is InChI=1S/C21H28O3/c1-19-8-6-14(23-3)10-13(19)4-5-15-16-7-9-21(12-24-21)20(16,2)11-17(22)18(15)19/h4,10,15-16,18H,5-9,11-12H2,1-3H3/t15?,16?,18?,19-,20-,21-/m0/s1. The summed E-state index contributed by atoms with van der Waals surface area (Å²) in [7, 11) is 1.76.